The van der Waals surface area contributed by atoms with Crippen molar-refractivity contribution in [3.63, 3.8) is 0 Å². The van der Waals surface area contributed by atoms with Crippen LogP contribution in [0.15, 0.2) is 73.5 Å². The Hall–Kier alpha value is -5.58. The molecule has 4 aromatic rings. The van der Waals surface area contributed by atoms with E-state index in [1.807, 2.05) is 67.7 Å². The Morgan fingerprint density at radius 2 is 1.63 bits per heavy atom. The molecule has 0 amide bonds. The highest BCUT2D eigenvalue weighted by Gasteiger charge is 2.15. The maximum Gasteiger partial charge on any atom is 0.262 e. The molecule has 41 heavy (non-hydrogen) atoms. The molecule has 0 unspecified atom stereocenters. The van der Waals surface area contributed by atoms with Gasteiger partial charge >= 0.3 is 0 Å². The predicted molar refractivity (Wildman–Crippen MR) is 161 cm³/mol. The van der Waals surface area contributed by atoms with Crippen LogP contribution >= 0.6 is 0 Å². The molecule has 0 fully saturated rings. The van der Waals surface area contributed by atoms with Crippen molar-refractivity contribution in [2.75, 3.05) is 11.9 Å². The fraction of sp³-hybridized carbons (Fsp3) is 0.133. The van der Waals surface area contributed by atoms with Crippen LogP contribution in [0.1, 0.15) is 29.5 Å². The van der Waals surface area contributed by atoms with Gasteiger partial charge in [-0.05, 0) is 64.7 Å². The number of nitroso groups, excluding NO2 is 2. The average molecular weight is 548 g/mol. The van der Waals surface area contributed by atoms with E-state index in [2.05, 4.69) is 41.8 Å². The third-order valence-corrected chi connectivity index (χ3v) is 6.65. The van der Waals surface area contributed by atoms with E-state index in [4.69, 9.17) is 0 Å². The zero-order valence-electron chi connectivity index (χ0n) is 22.1. The van der Waals surface area contributed by atoms with E-state index in [0.29, 0.717) is 28.4 Å². The van der Waals surface area contributed by atoms with Crippen LogP contribution in [0.25, 0.3) is 24.8 Å². The number of nitrogens with one attached hydrogen (secondary N) is 2. The molecule has 1 aliphatic rings. The van der Waals surface area contributed by atoms with Crippen molar-refractivity contribution in [3.05, 3.63) is 117 Å². The van der Waals surface area contributed by atoms with Gasteiger partial charge in [0.25, 0.3) is 11.1 Å². The number of benzene rings is 2. The molecule has 2 heterocycles. The fourth-order valence-corrected chi connectivity index (χ4v) is 4.56. The van der Waals surface area contributed by atoms with Crippen molar-refractivity contribution in [1.29, 1.82) is 0 Å². The molecule has 0 saturated carbocycles. The summed E-state index contributed by atoms with van der Waals surface area (Å²) in [6.07, 6.45) is 8.19. The first-order valence-electron chi connectivity index (χ1n) is 12.7. The van der Waals surface area contributed by atoms with Gasteiger partial charge in [0, 0.05) is 30.7 Å². The number of pyridine rings is 1. The average Bonchev–Trinajstić information content (AvgIpc) is 2.98. The van der Waals surface area contributed by atoms with Crippen LogP contribution in [0.5, 0.6) is 0 Å². The number of anilines is 1. The normalized spacial score (nSPS) is 12.2. The van der Waals surface area contributed by atoms with Crippen molar-refractivity contribution >= 4 is 53.9 Å². The van der Waals surface area contributed by atoms with Crippen LogP contribution in [-0.2, 0) is 6.54 Å². The first kappa shape index (κ1) is 27.0. The lowest BCUT2D eigenvalue weighted by molar-refractivity contribution is 0.923. The molecule has 0 radical (unpaired) electrons. The molecule has 5 rings (SSSR count). The highest BCUT2D eigenvalue weighted by molar-refractivity contribution is 5.93. The number of aliphatic imine (C=N–C) groups is 1. The van der Waals surface area contributed by atoms with Crippen molar-refractivity contribution < 1.29 is 0 Å². The second kappa shape index (κ2) is 11.7. The minimum atomic E-state index is -0.495. The summed E-state index contributed by atoms with van der Waals surface area (Å²) in [4.78, 5) is 62.9. The fourth-order valence-electron chi connectivity index (χ4n) is 4.56. The molecule has 1 aliphatic carbocycles. The Morgan fingerprint density at radius 1 is 0.951 bits per heavy atom. The summed E-state index contributed by atoms with van der Waals surface area (Å²) < 4.78 is 0. The molecular formula is C30H25N7O4. The first-order valence-corrected chi connectivity index (χ1v) is 12.7. The SMILES string of the molecule is C=c1[nH]c(=O)c(=Cc2ccc(N(C)Cc3ccc(N=Cc4c(N=O)nc5c(c4N=O)=CCCC=5)cc3)cc2)c(=O)[nH]1. The number of H-pyrrole nitrogens is 2. The van der Waals surface area contributed by atoms with Crippen LogP contribution in [-0.4, -0.2) is 28.2 Å². The number of rotatable bonds is 8. The number of hydrogen-bond acceptors (Lipinski definition) is 9. The molecule has 0 bridgehead atoms. The van der Waals surface area contributed by atoms with Crippen LogP contribution in [0.2, 0.25) is 0 Å². The van der Waals surface area contributed by atoms with Gasteiger partial charge in [0.1, 0.15) is 16.4 Å². The van der Waals surface area contributed by atoms with Gasteiger partial charge in [0.2, 0.25) is 5.82 Å². The number of aromatic nitrogens is 3. The van der Waals surface area contributed by atoms with Gasteiger partial charge in [0.15, 0.2) is 0 Å². The lowest BCUT2D eigenvalue weighted by Gasteiger charge is -2.19. The quantitative estimate of drug-likeness (QED) is 0.255. The monoisotopic (exact) mass is 547 g/mol. The minimum Gasteiger partial charge on any atom is -0.370 e. The van der Waals surface area contributed by atoms with E-state index < -0.39 is 11.1 Å². The molecule has 0 atom stereocenters. The largest absolute Gasteiger partial charge is 0.370 e. The summed E-state index contributed by atoms with van der Waals surface area (Å²) in [5.74, 6) is -0.120. The number of nitrogens with zero attached hydrogens (tertiary/aromatic N) is 5. The molecule has 2 aromatic heterocycles. The van der Waals surface area contributed by atoms with Gasteiger partial charge in [-0.25, -0.2) is 4.98 Å². The van der Waals surface area contributed by atoms with Crippen molar-refractivity contribution in [2.24, 2.45) is 15.3 Å². The maximum absolute atomic E-state index is 12.1. The van der Waals surface area contributed by atoms with E-state index in [-0.39, 0.29) is 27.8 Å². The van der Waals surface area contributed by atoms with Gasteiger partial charge in [-0.15, -0.1) is 9.81 Å². The second-order valence-electron chi connectivity index (χ2n) is 9.48. The summed E-state index contributed by atoms with van der Waals surface area (Å²) in [5.41, 5.74) is 2.78. The van der Waals surface area contributed by atoms with Gasteiger partial charge in [-0.2, -0.15) is 0 Å². The number of aromatic amines is 2. The lowest BCUT2D eigenvalue weighted by Crippen LogP contribution is -2.47. The molecule has 0 aliphatic heterocycles. The molecule has 11 heteroatoms. The molecular weight excluding hydrogens is 522 g/mol. The van der Waals surface area contributed by atoms with E-state index in [9.17, 15) is 19.4 Å². The maximum atomic E-state index is 12.1. The molecule has 0 saturated heterocycles. The second-order valence-corrected chi connectivity index (χ2v) is 9.48. The molecule has 11 nitrogen and oxygen atoms in total. The zero-order valence-corrected chi connectivity index (χ0v) is 22.1. The summed E-state index contributed by atoms with van der Waals surface area (Å²) in [5, 5.41) is 7.28. The Bertz CT molecular complexity index is 1990. The first-order chi connectivity index (χ1) is 19.9. The van der Waals surface area contributed by atoms with E-state index in [1.54, 1.807) is 0 Å². The Balaban J connectivity index is 1.31. The van der Waals surface area contributed by atoms with Gasteiger partial charge < -0.3 is 14.9 Å². The van der Waals surface area contributed by atoms with Gasteiger partial charge in [-0.3, -0.25) is 14.6 Å². The van der Waals surface area contributed by atoms with Gasteiger partial charge in [0.05, 0.1) is 16.6 Å². The summed E-state index contributed by atoms with van der Waals surface area (Å²) >= 11 is 0. The molecule has 0 spiro atoms. The Labute approximate surface area is 232 Å². The third-order valence-electron chi connectivity index (χ3n) is 6.65. The summed E-state index contributed by atoms with van der Waals surface area (Å²) in [7, 11) is 1.95. The number of hydrogen-bond donors (Lipinski definition) is 2. The van der Waals surface area contributed by atoms with E-state index in [0.717, 1.165) is 24.1 Å². The van der Waals surface area contributed by atoms with Crippen LogP contribution in [0.3, 0.4) is 0 Å². The summed E-state index contributed by atoms with van der Waals surface area (Å²) in [6, 6.07) is 15.0. The molecule has 204 valence electrons. The van der Waals surface area contributed by atoms with Crippen LogP contribution < -0.4 is 37.3 Å². The molecule has 2 aromatic carbocycles. The van der Waals surface area contributed by atoms with E-state index in [1.165, 1.54) is 12.3 Å². The minimum absolute atomic E-state index is 0.0123. The predicted octanol–water partition coefficient (Wildman–Crippen LogP) is 2.23. The van der Waals surface area contributed by atoms with Crippen molar-refractivity contribution in [3.8, 4) is 0 Å². The van der Waals surface area contributed by atoms with E-state index >= 15 is 0 Å². The number of fused-ring (bicyclic) bond motifs is 1. The summed E-state index contributed by atoms with van der Waals surface area (Å²) in [6.45, 7) is 4.15. The van der Waals surface area contributed by atoms with Crippen LogP contribution in [0.4, 0.5) is 22.9 Å². The zero-order chi connectivity index (χ0) is 28.9. The van der Waals surface area contributed by atoms with Crippen molar-refractivity contribution in [2.45, 2.75) is 19.4 Å². The third kappa shape index (κ3) is 5.88. The standard InChI is InChI=1S/C30H25N7O4/c1-18-32-29(38)24(30(39)33-18)15-19-9-13-22(14-10-19)37(2)17-20-7-11-21(12-8-20)31-16-25-27(35-40)23-5-3-4-6-26(23)34-28(25)36-41/h5-16H,1,3-4,17H2,2H3,(H,32,38)(H,33,39). The molecule has 2 N–H and O–H groups in total. The topological polar surface area (TPSA) is 153 Å². The highest BCUT2D eigenvalue weighted by atomic mass is 16.3. The van der Waals surface area contributed by atoms with Gasteiger partial charge in [-0.1, -0.05) is 43.0 Å². The Kier molecular flexibility index (Phi) is 7.68. The van der Waals surface area contributed by atoms with Crippen LogP contribution in [0, 0.1) is 9.81 Å². The highest BCUT2D eigenvalue weighted by Crippen LogP contribution is 2.23. The Morgan fingerprint density at radius 3 is 2.29 bits per heavy atom. The van der Waals surface area contributed by atoms with Crippen molar-refractivity contribution in [1.82, 2.24) is 15.0 Å². The lowest BCUT2D eigenvalue weighted by atomic mass is 10.1. The smallest absolute Gasteiger partial charge is 0.262 e.